The molecule has 0 spiro atoms. The van der Waals surface area contributed by atoms with Crippen LogP contribution in [-0.2, 0) is 18.4 Å². The summed E-state index contributed by atoms with van der Waals surface area (Å²) in [5, 5.41) is 13.7. The number of hydrogen-bond donors (Lipinski definition) is 3. The number of phosphoric acid groups is 1. The maximum absolute atomic E-state index is 12.7. The Kier molecular flexibility index (Phi) is 29.1. The highest BCUT2D eigenvalue weighted by Gasteiger charge is 2.27. The zero-order valence-electron chi connectivity index (χ0n) is 30.5. The van der Waals surface area contributed by atoms with Gasteiger partial charge in [0.1, 0.15) is 13.2 Å². The molecule has 1 amide bonds. The summed E-state index contributed by atoms with van der Waals surface area (Å²) in [5.74, 6) is -0.211. The molecule has 272 valence electrons. The number of hydrogen-bond acceptors (Lipinski definition) is 5. The summed E-state index contributed by atoms with van der Waals surface area (Å²) in [5.41, 5.74) is 0. The molecule has 3 N–H and O–H groups in total. The highest BCUT2D eigenvalue weighted by molar-refractivity contribution is 7.47. The van der Waals surface area contributed by atoms with Crippen LogP contribution in [0.25, 0.3) is 0 Å². The van der Waals surface area contributed by atoms with Crippen molar-refractivity contribution >= 4 is 13.7 Å². The number of likely N-dealkylation sites (N-methyl/N-ethyl adjacent to an activating group) is 1. The number of unbranched alkanes of at least 4 members (excludes halogenated alkanes) is 10. The first-order chi connectivity index (χ1) is 22.5. The van der Waals surface area contributed by atoms with Gasteiger partial charge in [0.15, 0.2) is 0 Å². The Labute approximate surface area is 288 Å². The van der Waals surface area contributed by atoms with Crippen molar-refractivity contribution in [3.05, 3.63) is 60.8 Å². The molecular weight excluding hydrogens is 611 g/mol. The number of aliphatic hydroxyl groups excluding tert-OH is 1. The molecule has 8 nitrogen and oxygen atoms in total. The second-order valence-electron chi connectivity index (χ2n) is 13.2. The molecular formula is C38H70N2O6P+. The van der Waals surface area contributed by atoms with Crippen LogP contribution in [0.5, 0.6) is 0 Å². The first-order valence-electron chi connectivity index (χ1n) is 18.2. The molecule has 0 aliphatic rings. The van der Waals surface area contributed by atoms with Crippen LogP contribution in [0, 0.1) is 0 Å². The van der Waals surface area contributed by atoms with E-state index in [9.17, 15) is 19.4 Å². The third-order valence-corrected chi connectivity index (χ3v) is 8.46. The van der Waals surface area contributed by atoms with Crippen LogP contribution < -0.4 is 5.32 Å². The fourth-order valence-electron chi connectivity index (χ4n) is 4.54. The van der Waals surface area contributed by atoms with E-state index in [1.165, 1.54) is 25.7 Å². The molecule has 0 heterocycles. The number of phosphoric ester groups is 1. The standard InChI is InChI=1S/C38H69N2O6P/c1-6-8-10-12-14-16-18-19-20-21-22-24-26-28-30-32-38(42)39-36(35-46-47(43,44)45-34-33-40(3,4)5)37(41)31-29-27-25-23-17-15-13-11-9-7-2/h8,10,14,16-17,19-20,23,29,31,36-37,41H,6-7,9,11-13,15,18,21-22,24-28,30,32-35H2,1-5H3,(H-,39,42,43,44)/p+1/b10-8-,16-14-,20-19-,23-17+,31-29+. The minimum absolute atomic E-state index is 0.0493. The molecule has 0 radical (unpaired) electrons. The van der Waals surface area contributed by atoms with E-state index in [2.05, 4.69) is 67.8 Å². The normalized spacial score (nSPS) is 15.5. The Bertz CT molecular complexity index is 954. The van der Waals surface area contributed by atoms with Gasteiger partial charge in [0.25, 0.3) is 0 Å². The number of carbonyl (C=O) groups excluding carboxylic acids is 1. The minimum atomic E-state index is -4.34. The Balaban J connectivity index is 4.62. The van der Waals surface area contributed by atoms with E-state index in [1.807, 2.05) is 27.2 Å². The SMILES string of the molecule is CC/C=C\C/C=C\C/C=C\CCCCCCCC(=O)NC(COP(=O)(O)OCC[N+](C)(C)C)C(O)/C=C/CC/C=C/CCCCCC. The number of nitrogens with one attached hydrogen (secondary N) is 1. The van der Waals surface area contributed by atoms with E-state index < -0.39 is 20.0 Å². The number of aliphatic hydroxyl groups is 1. The molecule has 0 aliphatic heterocycles. The van der Waals surface area contributed by atoms with Crippen LogP contribution in [0.15, 0.2) is 60.8 Å². The van der Waals surface area contributed by atoms with E-state index >= 15 is 0 Å². The molecule has 0 rings (SSSR count). The summed E-state index contributed by atoms with van der Waals surface area (Å²) in [4.78, 5) is 22.9. The van der Waals surface area contributed by atoms with Crippen LogP contribution in [0.3, 0.4) is 0 Å². The van der Waals surface area contributed by atoms with Crippen LogP contribution in [0.1, 0.15) is 123 Å². The predicted molar refractivity (Wildman–Crippen MR) is 198 cm³/mol. The van der Waals surface area contributed by atoms with E-state index in [1.54, 1.807) is 6.08 Å². The van der Waals surface area contributed by atoms with Crippen molar-refractivity contribution in [3.63, 3.8) is 0 Å². The zero-order chi connectivity index (χ0) is 35.1. The molecule has 0 saturated heterocycles. The Hall–Kier alpha value is -1.80. The largest absolute Gasteiger partial charge is 0.472 e. The molecule has 0 fully saturated rings. The van der Waals surface area contributed by atoms with Gasteiger partial charge in [-0.3, -0.25) is 13.8 Å². The summed E-state index contributed by atoms with van der Waals surface area (Å²) in [6.45, 7) is 4.58. The van der Waals surface area contributed by atoms with Crippen molar-refractivity contribution in [2.45, 2.75) is 135 Å². The number of nitrogens with zero attached hydrogens (tertiary/aromatic N) is 1. The van der Waals surface area contributed by atoms with Gasteiger partial charge in [-0.05, 0) is 64.2 Å². The van der Waals surface area contributed by atoms with Crippen molar-refractivity contribution in [2.24, 2.45) is 0 Å². The van der Waals surface area contributed by atoms with Gasteiger partial charge in [-0.2, -0.15) is 0 Å². The Morgan fingerprint density at radius 1 is 0.745 bits per heavy atom. The lowest BCUT2D eigenvalue weighted by Gasteiger charge is -2.25. The van der Waals surface area contributed by atoms with E-state index in [0.717, 1.165) is 77.0 Å². The zero-order valence-corrected chi connectivity index (χ0v) is 31.4. The third kappa shape index (κ3) is 32.5. The summed E-state index contributed by atoms with van der Waals surface area (Å²) < 4.78 is 23.4. The molecule has 0 aliphatic carbocycles. The van der Waals surface area contributed by atoms with E-state index in [-0.39, 0.29) is 19.1 Å². The quantitative estimate of drug-likeness (QED) is 0.0292. The molecule has 0 aromatic rings. The summed E-state index contributed by atoms with van der Waals surface area (Å²) in [7, 11) is 1.53. The molecule has 47 heavy (non-hydrogen) atoms. The minimum Gasteiger partial charge on any atom is -0.387 e. The summed E-state index contributed by atoms with van der Waals surface area (Å²) >= 11 is 0. The molecule has 0 bridgehead atoms. The highest BCUT2D eigenvalue weighted by Crippen LogP contribution is 2.43. The smallest absolute Gasteiger partial charge is 0.387 e. The number of allylic oxidation sites excluding steroid dienone is 9. The number of quaternary nitrogens is 1. The maximum atomic E-state index is 12.7. The summed E-state index contributed by atoms with van der Waals surface area (Å²) in [6.07, 6.45) is 37.2. The first kappa shape index (κ1) is 45.2. The van der Waals surface area contributed by atoms with Gasteiger partial charge >= 0.3 is 7.82 Å². The lowest BCUT2D eigenvalue weighted by molar-refractivity contribution is -0.870. The van der Waals surface area contributed by atoms with Crippen LogP contribution in [-0.4, -0.2) is 73.4 Å². The van der Waals surface area contributed by atoms with Gasteiger partial charge in [0, 0.05) is 6.42 Å². The molecule has 0 aromatic carbocycles. The summed E-state index contributed by atoms with van der Waals surface area (Å²) in [6, 6.07) is -0.871. The number of rotatable bonds is 31. The number of carbonyl (C=O) groups is 1. The molecule has 3 atom stereocenters. The maximum Gasteiger partial charge on any atom is 0.472 e. The lowest BCUT2D eigenvalue weighted by Crippen LogP contribution is -2.45. The van der Waals surface area contributed by atoms with E-state index in [4.69, 9.17) is 9.05 Å². The van der Waals surface area contributed by atoms with Gasteiger partial charge in [-0.25, -0.2) is 4.57 Å². The van der Waals surface area contributed by atoms with Crippen molar-refractivity contribution < 1.29 is 32.9 Å². The lowest BCUT2D eigenvalue weighted by atomic mass is 10.1. The Morgan fingerprint density at radius 3 is 1.96 bits per heavy atom. The highest BCUT2D eigenvalue weighted by atomic mass is 31.2. The molecule has 0 aromatic heterocycles. The van der Waals surface area contributed by atoms with E-state index in [0.29, 0.717) is 17.4 Å². The van der Waals surface area contributed by atoms with Gasteiger partial charge in [-0.1, -0.05) is 113 Å². The van der Waals surface area contributed by atoms with Gasteiger partial charge in [-0.15, -0.1) is 0 Å². The number of amides is 1. The fraction of sp³-hybridized carbons (Fsp3) is 0.711. The predicted octanol–water partition coefficient (Wildman–Crippen LogP) is 9.12. The van der Waals surface area contributed by atoms with Gasteiger partial charge in [0.2, 0.25) is 5.91 Å². The van der Waals surface area contributed by atoms with Crippen LogP contribution in [0.4, 0.5) is 0 Å². The topological polar surface area (TPSA) is 105 Å². The van der Waals surface area contributed by atoms with Gasteiger partial charge < -0.3 is 19.8 Å². The first-order valence-corrected chi connectivity index (χ1v) is 19.7. The third-order valence-electron chi connectivity index (χ3n) is 7.47. The van der Waals surface area contributed by atoms with Crippen molar-refractivity contribution in [3.8, 4) is 0 Å². The molecule has 9 heteroatoms. The average molecular weight is 682 g/mol. The monoisotopic (exact) mass is 681 g/mol. The van der Waals surface area contributed by atoms with Crippen LogP contribution in [0.2, 0.25) is 0 Å². The van der Waals surface area contributed by atoms with Crippen molar-refractivity contribution in [1.29, 1.82) is 0 Å². The van der Waals surface area contributed by atoms with Gasteiger partial charge in [0.05, 0.1) is 39.9 Å². The van der Waals surface area contributed by atoms with Crippen molar-refractivity contribution in [1.82, 2.24) is 5.32 Å². The molecule has 0 saturated carbocycles. The fourth-order valence-corrected chi connectivity index (χ4v) is 5.27. The van der Waals surface area contributed by atoms with Crippen molar-refractivity contribution in [2.75, 3.05) is 40.9 Å². The molecule has 3 unspecified atom stereocenters. The second-order valence-corrected chi connectivity index (χ2v) is 14.7. The van der Waals surface area contributed by atoms with Crippen LogP contribution >= 0.6 is 7.82 Å². The Morgan fingerprint density at radius 2 is 1.30 bits per heavy atom. The second kappa shape index (κ2) is 30.3. The average Bonchev–Trinajstić information content (AvgIpc) is 3.01.